The quantitative estimate of drug-likeness (QED) is 0.113. The van der Waals surface area contributed by atoms with Gasteiger partial charge in [-0.05, 0) is 25.8 Å². The van der Waals surface area contributed by atoms with E-state index in [9.17, 15) is 8.42 Å². The third kappa shape index (κ3) is 31.9. The summed E-state index contributed by atoms with van der Waals surface area (Å²) in [6.07, 6.45) is 23.9. The van der Waals surface area contributed by atoms with Gasteiger partial charge in [0, 0.05) is 19.3 Å². The molecule has 0 saturated heterocycles. The van der Waals surface area contributed by atoms with Crippen molar-refractivity contribution >= 4 is 10.4 Å². The van der Waals surface area contributed by atoms with Crippen LogP contribution in [-0.4, -0.2) is 56.1 Å². The lowest BCUT2D eigenvalue weighted by molar-refractivity contribution is 0.227. The van der Waals surface area contributed by atoms with Crippen molar-refractivity contribution in [2.45, 2.75) is 129 Å². The van der Waals surface area contributed by atoms with E-state index in [0.717, 1.165) is 26.5 Å². The fourth-order valence-electron chi connectivity index (χ4n) is 3.64. The second-order valence-electron chi connectivity index (χ2n) is 8.57. The van der Waals surface area contributed by atoms with E-state index in [1.165, 1.54) is 103 Å². The van der Waals surface area contributed by atoms with Crippen LogP contribution in [0.1, 0.15) is 122 Å². The summed E-state index contributed by atoms with van der Waals surface area (Å²) in [6, 6.07) is 0.279. The monoisotopic (exact) mass is 483 g/mol. The molecule has 32 heavy (non-hydrogen) atoms. The minimum absolute atomic E-state index is 0.205. The van der Waals surface area contributed by atoms with E-state index in [2.05, 4.69) is 16.4 Å². The lowest BCUT2D eigenvalue weighted by Crippen LogP contribution is -2.31. The molecule has 0 amide bonds. The molecule has 0 fully saturated rings. The van der Waals surface area contributed by atoms with E-state index in [1.807, 2.05) is 0 Å². The number of nitrogens with one attached hydrogen (secondary N) is 1. The van der Waals surface area contributed by atoms with Crippen molar-refractivity contribution in [2.24, 2.45) is 0 Å². The largest absolute Gasteiger partial charge is 0.397 e. The summed E-state index contributed by atoms with van der Waals surface area (Å²) in [4.78, 5) is 0. The van der Waals surface area contributed by atoms with Crippen LogP contribution < -0.4 is 5.32 Å². The topological polar surface area (TPSA) is 116 Å². The Morgan fingerprint density at radius 1 is 0.688 bits per heavy atom. The normalized spacial score (nSPS) is 11.6. The van der Waals surface area contributed by atoms with Gasteiger partial charge in [0.05, 0.1) is 7.11 Å². The summed E-state index contributed by atoms with van der Waals surface area (Å²) >= 11 is 0. The zero-order valence-corrected chi connectivity index (χ0v) is 21.7. The summed E-state index contributed by atoms with van der Waals surface area (Å²) in [5.41, 5.74) is 0. The van der Waals surface area contributed by atoms with Crippen molar-refractivity contribution in [3.63, 3.8) is 0 Å². The fourth-order valence-corrected chi connectivity index (χ4v) is 3.64. The SMILES string of the molecule is CCCCCCCCCCCCCCCCCCNC(CCO)CCO.COS(=O)(=O)O. The van der Waals surface area contributed by atoms with Gasteiger partial charge in [0.25, 0.3) is 0 Å². The number of hydrogen-bond donors (Lipinski definition) is 4. The van der Waals surface area contributed by atoms with Crippen LogP contribution >= 0.6 is 0 Å². The first-order chi connectivity index (χ1) is 15.4. The highest BCUT2D eigenvalue weighted by atomic mass is 32.3. The Morgan fingerprint density at radius 2 is 1.00 bits per heavy atom. The average molecular weight is 484 g/mol. The molecule has 0 radical (unpaired) electrons. The minimum Gasteiger partial charge on any atom is -0.396 e. The lowest BCUT2D eigenvalue weighted by Gasteiger charge is -2.16. The van der Waals surface area contributed by atoms with Crippen LogP contribution in [0.25, 0.3) is 0 Å². The Balaban J connectivity index is 0. The highest BCUT2D eigenvalue weighted by molar-refractivity contribution is 7.80. The van der Waals surface area contributed by atoms with Gasteiger partial charge in [-0.3, -0.25) is 8.74 Å². The third-order valence-corrected chi connectivity index (χ3v) is 6.05. The van der Waals surface area contributed by atoms with Gasteiger partial charge in [-0.25, -0.2) is 0 Å². The maximum atomic E-state index is 9.33. The molecule has 0 unspecified atom stereocenters. The van der Waals surface area contributed by atoms with Crippen LogP contribution in [0.4, 0.5) is 0 Å². The van der Waals surface area contributed by atoms with Crippen LogP contribution in [0, 0.1) is 0 Å². The Morgan fingerprint density at radius 3 is 1.28 bits per heavy atom. The van der Waals surface area contributed by atoms with E-state index in [4.69, 9.17) is 14.8 Å². The van der Waals surface area contributed by atoms with E-state index in [1.54, 1.807) is 0 Å². The van der Waals surface area contributed by atoms with Gasteiger partial charge in [-0.15, -0.1) is 0 Å². The van der Waals surface area contributed by atoms with Gasteiger partial charge < -0.3 is 15.5 Å². The predicted octanol–water partition coefficient (Wildman–Crippen LogP) is 5.41. The number of unbranched alkanes of at least 4 members (excludes halogenated alkanes) is 15. The molecule has 196 valence electrons. The van der Waals surface area contributed by atoms with Gasteiger partial charge in [-0.2, -0.15) is 8.42 Å². The maximum Gasteiger partial charge on any atom is 0.397 e. The first kappa shape index (κ1) is 33.9. The Bertz CT molecular complexity index is 442. The second-order valence-corrected chi connectivity index (χ2v) is 9.76. The molecule has 0 aromatic carbocycles. The molecule has 8 heteroatoms. The van der Waals surface area contributed by atoms with Gasteiger partial charge in [-0.1, -0.05) is 103 Å². The average Bonchev–Trinajstić information content (AvgIpc) is 2.76. The maximum absolute atomic E-state index is 9.33. The summed E-state index contributed by atoms with van der Waals surface area (Å²) in [6.45, 7) is 3.71. The molecule has 0 aliphatic rings. The van der Waals surface area contributed by atoms with E-state index in [-0.39, 0.29) is 19.3 Å². The number of aliphatic hydroxyl groups is 2. The van der Waals surface area contributed by atoms with Crippen molar-refractivity contribution in [3.05, 3.63) is 0 Å². The predicted molar refractivity (Wildman–Crippen MR) is 133 cm³/mol. The zero-order valence-electron chi connectivity index (χ0n) is 20.9. The molecule has 0 aliphatic carbocycles. The lowest BCUT2D eigenvalue weighted by atomic mass is 10.0. The molecular formula is C24H53NO6S. The molecule has 0 rings (SSSR count). The van der Waals surface area contributed by atoms with Crippen molar-refractivity contribution in [2.75, 3.05) is 26.9 Å². The first-order valence-corrected chi connectivity index (χ1v) is 14.3. The van der Waals surface area contributed by atoms with Crippen LogP contribution in [0.5, 0.6) is 0 Å². The van der Waals surface area contributed by atoms with Crippen LogP contribution in [-0.2, 0) is 14.6 Å². The number of aliphatic hydroxyl groups excluding tert-OH is 2. The molecule has 0 bridgehead atoms. The third-order valence-electron chi connectivity index (χ3n) is 5.63. The highest BCUT2D eigenvalue weighted by Crippen LogP contribution is 2.13. The smallest absolute Gasteiger partial charge is 0.396 e. The van der Waals surface area contributed by atoms with E-state index >= 15 is 0 Å². The summed E-state index contributed by atoms with van der Waals surface area (Å²) in [5, 5.41) is 21.4. The van der Waals surface area contributed by atoms with Gasteiger partial charge in [0.2, 0.25) is 0 Å². The molecule has 0 heterocycles. The molecule has 0 spiro atoms. The van der Waals surface area contributed by atoms with Crippen LogP contribution in [0.15, 0.2) is 0 Å². The van der Waals surface area contributed by atoms with Gasteiger partial charge in [0.1, 0.15) is 0 Å². The Kier molecular flexibility index (Phi) is 28.6. The van der Waals surface area contributed by atoms with Crippen molar-refractivity contribution < 1.29 is 27.4 Å². The zero-order chi connectivity index (χ0) is 24.3. The molecule has 0 aromatic heterocycles. The van der Waals surface area contributed by atoms with E-state index < -0.39 is 10.4 Å². The molecule has 7 nitrogen and oxygen atoms in total. The summed E-state index contributed by atoms with van der Waals surface area (Å²) in [5.74, 6) is 0. The van der Waals surface area contributed by atoms with Crippen molar-refractivity contribution in [3.8, 4) is 0 Å². The molecule has 0 aliphatic heterocycles. The first-order valence-electron chi connectivity index (χ1n) is 12.9. The number of hydrogen-bond acceptors (Lipinski definition) is 6. The minimum atomic E-state index is -4.16. The van der Waals surface area contributed by atoms with Crippen molar-refractivity contribution in [1.82, 2.24) is 5.32 Å². The Hall–Kier alpha value is -0.250. The van der Waals surface area contributed by atoms with Crippen molar-refractivity contribution in [1.29, 1.82) is 0 Å². The molecule has 4 N–H and O–H groups in total. The molecular weight excluding hydrogens is 430 g/mol. The van der Waals surface area contributed by atoms with Crippen LogP contribution in [0.3, 0.4) is 0 Å². The van der Waals surface area contributed by atoms with Gasteiger partial charge >= 0.3 is 10.4 Å². The second kappa shape index (κ2) is 27.0. The van der Waals surface area contributed by atoms with E-state index in [0.29, 0.717) is 0 Å². The number of rotatable bonds is 23. The molecule has 0 aromatic rings. The van der Waals surface area contributed by atoms with Gasteiger partial charge in [0.15, 0.2) is 0 Å². The van der Waals surface area contributed by atoms with Crippen LogP contribution in [0.2, 0.25) is 0 Å². The molecule has 0 atom stereocenters. The Labute approximate surface area is 198 Å². The summed E-state index contributed by atoms with van der Waals surface area (Å²) in [7, 11) is -3.29. The highest BCUT2D eigenvalue weighted by Gasteiger charge is 2.05. The fraction of sp³-hybridized carbons (Fsp3) is 1.00. The summed E-state index contributed by atoms with van der Waals surface area (Å²) < 4.78 is 29.7. The molecule has 0 saturated carbocycles. The standard InChI is InChI=1S/C23H49NO2.CH4O4S/c1-2-3-4-5-6-7-8-9-10-11-12-13-14-15-16-17-20-24-23(18-21-25)19-22-26;1-5-6(2,3)4/h23-26H,2-22H2,1H3;1H3,(H,2,3,4).